The van der Waals surface area contributed by atoms with E-state index in [1.807, 2.05) is 0 Å². The molecule has 0 spiro atoms. The van der Waals surface area contributed by atoms with Gasteiger partial charge in [-0.1, -0.05) is 0 Å². The third-order valence-electron chi connectivity index (χ3n) is 3.42. The Morgan fingerprint density at radius 3 is 2.62 bits per heavy atom. The summed E-state index contributed by atoms with van der Waals surface area (Å²) in [6.45, 7) is 5.21. The van der Waals surface area contributed by atoms with Crippen LogP contribution in [0.1, 0.15) is 34.6 Å². The van der Waals surface area contributed by atoms with Gasteiger partial charge in [0.15, 0.2) is 9.84 Å². The first-order valence-electron chi connectivity index (χ1n) is 6.57. The van der Waals surface area contributed by atoms with E-state index in [2.05, 4.69) is 0 Å². The summed E-state index contributed by atoms with van der Waals surface area (Å²) in [5.41, 5.74) is 0.932. The maximum atomic E-state index is 12.2. The van der Waals surface area contributed by atoms with Crippen LogP contribution in [0.15, 0.2) is 22.3 Å². The molecule has 2 rings (SSSR count). The lowest BCUT2D eigenvalue weighted by atomic mass is 10.1. The summed E-state index contributed by atoms with van der Waals surface area (Å²) < 4.78 is 29.4. The Hall–Kier alpha value is -1.89. The predicted molar refractivity (Wildman–Crippen MR) is 78.1 cm³/mol. The highest BCUT2D eigenvalue weighted by molar-refractivity contribution is 7.94. The summed E-state index contributed by atoms with van der Waals surface area (Å²) in [4.78, 5) is 24.2. The zero-order chi connectivity index (χ0) is 15.8. The third kappa shape index (κ3) is 2.92. The number of hydrogen-bond acceptors (Lipinski definition) is 5. The van der Waals surface area contributed by atoms with Gasteiger partial charge in [0.25, 0.3) is 5.56 Å². The van der Waals surface area contributed by atoms with E-state index in [9.17, 15) is 18.0 Å². The van der Waals surface area contributed by atoms with Gasteiger partial charge in [-0.2, -0.15) is 0 Å². The van der Waals surface area contributed by atoms with Crippen LogP contribution < -0.4 is 5.56 Å². The van der Waals surface area contributed by atoms with Crippen LogP contribution in [-0.4, -0.2) is 31.3 Å². The van der Waals surface area contributed by atoms with Crippen LogP contribution in [0.5, 0.6) is 0 Å². The fourth-order valence-corrected chi connectivity index (χ4v) is 3.81. The van der Waals surface area contributed by atoms with Crippen molar-refractivity contribution in [1.82, 2.24) is 4.57 Å². The Kier molecular flexibility index (Phi) is 4.04. The predicted octanol–water partition coefficient (Wildman–Crippen LogP) is 1.13. The maximum absolute atomic E-state index is 12.2. The largest absolute Gasteiger partial charge is 0.462 e. The molecule has 1 aromatic rings. The first-order valence-corrected chi connectivity index (χ1v) is 8.29. The van der Waals surface area contributed by atoms with Gasteiger partial charge in [0.05, 0.1) is 24.0 Å². The molecule has 1 aliphatic rings. The molecule has 2 heterocycles. The molecular formula is C14H17NO5S. The van der Waals surface area contributed by atoms with Gasteiger partial charge in [-0.25, -0.2) is 13.2 Å². The molecule has 0 N–H and O–H groups in total. The summed E-state index contributed by atoms with van der Waals surface area (Å²) in [6.07, 6.45) is 1.47. The Morgan fingerprint density at radius 1 is 1.43 bits per heavy atom. The lowest BCUT2D eigenvalue weighted by molar-refractivity contribution is 0.0523. The van der Waals surface area contributed by atoms with Gasteiger partial charge >= 0.3 is 5.97 Å². The number of sulfone groups is 1. The Labute approximate surface area is 123 Å². The van der Waals surface area contributed by atoms with E-state index >= 15 is 0 Å². The smallest absolute Gasteiger partial charge is 0.340 e. The Bertz CT molecular complexity index is 773. The lowest BCUT2D eigenvalue weighted by Gasteiger charge is -2.19. The fourth-order valence-electron chi connectivity index (χ4n) is 2.54. The molecule has 6 nitrogen and oxygen atoms in total. The minimum Gasteiger partial charge on any atom is -0.462 e. The normalized spacial score (nSPS) is 19.7. The first kappa shape index (κ1) is 15.5. The molecule has 1 unspecified atom stereocenters. The second-order valence-electron chi connectivity index (χ2n) is 4.94. The minimum atomic E-state index is -3.29. The molecule has 0 fully saturated rings. The van der Waals surface area contributed by atoms with Crippen LogP contribution in [0.25, 0.3) is 0 Å². The fraction of sp³-hybridized carbons (Fsp3) is 0.429. The van der Waals surface area contributed by atoms with E-state index in [0.717, 1.165) is 5.41 Å². The minimum absolute atomic E-state index is 0.168. The van der Waals surface area contributed by atoms with Crippen molar-refractivity contribution in [2.24, 2.45) is 0 Å². The summed E-state index contributed by atoms with van der Waals surface area (Å²) in [5.74, 6) is -0.676. The molecule has 7 heteroatoms. The number of pyridine rings is 1. The van der Waals surface area contributed by atoms with Crippen molar-refractivity contribution in [3.63, 3.8) is 0 Å². The summed E-state index contributed by atoms with van der Waals surface area (Å²) in [7, 11) is -3.29. The molecule has 21 heavy (non-hydrogen) atoms. The first-order chi connectivity index (χ1) is 9.76. The van der Waals surface area contributed by atoms with Crippen LogP contribution in [0, 0.1) is 13.8 Å². The highest BCUT2D eigenvalue weighted by Gasteiger charge is 2.27. The van der Waals surface area contributed by atoms with Crippen molar-refractivity contribution < 1.29 is 17.9 Å². The maximum Gasteiger partial charge on any atom is 0.340 e. The quantitative estimate of drug-likeness (QED) is 0.781. The summed E-state index contributed by atoms with van der Waals surface area (Å²) >= 11 is 0. The summed E-state index contributed by atoms with van der Waals surface area (Å²) in [6, 6.07) is 0.745. The van der Waals surface area contributed by atoms with Crippen LogP contribution in [0.3, 0.4) is 0 Å². The van der Waals surface area contributed by atoms with Crippen LogP contribution in [0.2, 0.25) is 0 Å². The number of hydrogen-bond donors (Lipinski definition) is 0. The summed E-state index contributed by atoms with van der Waals surface area (Å²) in [5, 5.41) is 1.10. The number of allylic oxidation sites excluding steroid dienone is 1. The van der Waals surface area contributed by atoms with Gasteiger partial charge in [0, 0.05) is 17.2 Å². The van der Waals surface area contributed by atoms with Crippen molar-refractivity contribution in [2.75, 3.05) is 12.4 Å². The topological polar surface area (TPSA) is 82.4 Å². The number of carbonyl (C=O) groups is 1. The van der Waals surface area contributed by atoms with Crippen molar-refractivity contribution in [3.05, 3.63) is 44.7 Å². The van der Waals surface area contributed by atoms with Gasteiger partial charge in [-0.3, -0.25) is 4.79 Å². The standard InChI is InChI=1S/C14H17NO5S/c1-4-20-14(17)13-9(2)7-12(16)15(10(13)3)11-5-6-21(18,19)8-11/h5-7,11H,4,8H2,1-3H3. The molecular weight excluding hydrogens is 294 g/mol. The number of nitrogens with zero attached hydrogens (tertiary/aromatic N) is 1. The number of ether oxygens (including phenoxy) is 1. The molecule has 0 saturated carbocycles. The molecule has 0 aromatic carbocycles. The van der Waals surface area contributed by atoms with E-state index < -0.39 is 21.8 Å². The second-order valence-corrected chi connectivity index (χ2v) is 6.87. The number of aromatic nitrogens is 1. The average molecular weight is 311 g/mol. The molecule has 0 saturated heterocycles. The number of aryl methyl sites for hydroxylation is 1. The van der Waals surface area contributed by atoms with Gasteiger partial charge < -0.3 is 9.30 Å². The van der Waals surface area contributed by atoms with E-state index in [1.54, 1.807) is 20.8 Å². The van der Waals surface area contributed by atoms with E-state index in [1.165, 1.54) is 16.7 Å². The van der Waals surface area contributed by atoms with E-state index in [4.69, 9.17) is 4.74 Å². The van der Waals surface area contributed by atoms with E-state index in [-0.39, 0.29) is 17.9 Å². The van der Waals surface area contributed by atoms with Gasteiger partial charge in [0.2, 0.25) is 0 Å². The van der Waals surface area contributed by atoms with Crippen LogP contribution >= 0.6 is 0 Å². The molecule has 0 aliphatic carbocycles. The van der Waals surface area contributed by atoms with Crippen LogP contribution in [0.4, 0.5) is 0 Å². The monoisotopic (exact) mass is 311 g/mol. The third-order valence-corrected chi connectivity index (χ3v) is 4.80. The molecule has 0 bridgehead atoms. The molecule has 0 amide bonds. The van der Waals surface area contributed by atoms with Crippen molar-refractivity contribution >= 4 is 15.8 Å². The average Bonchev–Trinajstić information content (AvgIpc) is 2.69. The SMILES string of the molecule is CCOC(=O)c1c(C)cc(=O)n(C2C=CS(=O)(=O)C2)c1C. The highest BCUT2D eigenvalue weighted by atomic mass is 32.2. The van der Waals surface area contributed by atoms with E-state index in [0.29, 0.717) is 16.8 Å². The molecule has 1 aromatic heterocycles. The van der Waals surface area contributed by atoms with Crippen LogP contribution in [-0.2, 0) is 14.6 Å². The van der Waals surface area contributed by atoms with Crippen molar-refractivity contribution in [1.29, 1.82) is 0 Å². The zero-order valence-electron chi connectivity index (χ0n) is 12.1. The molecule has 114 valence electrons. The van der Waals surface area contributed by atoms with Gasteiger partial charge in [-0.05, 0) is 32.4 Å². The Balaban J connectivity index is 2.58. The van der Waals surface area contributed by atoms with Crippen molar-refractivity contribution in [2.45, 2.75) is 26.8 Å². The highest BCUT2D eigenvalue weighted by Crippen LogP contribution is 2.23. The lowest BCUT2D eigenvalue weighted by Crippen LogP contribution is -2.30. The Morgan fingerprint density at radius 2 is 2.10 bits per heavy atom. The second kappa shape index (κ2) is 5.48. The number of carbonyl (C=O) groups excluding carboxylic acids is 1. The van der Waals surface area contributed by atoms with Gasteiger partial charge in [-0.15, -0.1) is 0 Å². The number of esters is 1. The molecule has 1 atom stereocenters. The zero-order valence-corrected chi connectivity index (χ0v) is 12.9. The van der Waals surface area contributed by atoms with Gasteiger partial charge in [0.1, 0.15) is 0 Å². The molecule has 1 aliphatic heterocycles. The molecule has 0 radical (unpaired) electrons. The van der Waals surface area contributed by atoms with Crippen molar-refractivity contribution in [3.8, 4) is 0 Å². The number of rotatable bonds is 3.